The maximum absolute atomic E-state index is 11.8. The van der Waals surface area contributed by atoms with Crippen molar-refractivity contribution in [1.82, 2.24) is 15.2 Å². The molecule has 1 amide bonds. The quantitative estimate of drug-likeness (QED) is 0.707. The Morgan fingerprint density at radius 1 is 1.29 bits per heavy atom. The van der Waals surface area contributed by atoms with Crippen molar-refractivity contribution in [3.05, 3.63) is 50.7 Å². The summed E-state index contributed by atoms with van der Waals surface area (Å²) in [5.41, 5.74) is 0.598. The number of thioether (sulfide) groups is 1. The molecule has 0 saturated carbocycles. The van der Waals surface area contributed by atoms with Crippen molar-refractivity contribution in [1.29, 1.82) is 0 Å². The summed E-state index contributed by atoms with van der Waals surface area (Å²) < 4.78 is 0. The summed E-state index contributed by atoms with van der Waals surface area (Å²) in [5.74, 6) is -0.228. The number of hydrogen-bond donors (Lipinski definition) is 3. The number of aromatic amines is 2. The smallest absolute Gasteiger partial charge is 0.325 e. The number of nitrogens with zero attached hydrogens (tertiary/aromatic N) is 1. The molecular formula is C13H14N4O3S. The Kier molecular flexibility index (Phi) is 4.94. The zero-order chi connectivity index (χ0) is 15.2. The van der Waals surface area contributed by atoms with Gasteiger partial charge in [-0.05, 0) is 24.1 Å². The van der Waals surface area contributed by atoms with E-state index in [-0.39, 0.29) is 16.7 Å². The van der Waals surface area contributed by atoms with Gasteiger partial charge in [0.15, 0.2) is 5.03 Å². The maximum Gasteiger partial charge on any atom is 0.342 e. The molecule has 0 atom stereocenters. The summed E-state index contributed by atoms with van der Waals surface area (Å²) in [7, 11) is 0. The Hall–Kier alpha value is -2.35. The fourth-order valence-corrected chi connectivity index (χ4v) is 2.22. The van der Waals surface area contributed by atoms with E-state index < -0.39 is 11.2 Å². The molecule has 7 nitrogen and oxygen atoms in total. The minimum atomic E-state index is -0.676. The summed E-state index contributed by atoms with van der Waals surface area (Å²) in [6, 6.07) is 7.53. The highest BCUT2D eigenvalue weighted by Gasteiger charge is 2.08. The number of benzene rings is 1. The number of nitrogens with one attached hydrogen (secondary N) is 3. The molecule has 1 aromatic heterocycles. The van der Waals surface area contributed by atoms with E-state index in [0.717, 1.165) is 18.2 Å². The summed E-state index contributed by atoms with van der Waals surface area (Å²) in [6.07, 6.45) is 0.935. The number of aromatic nitrogens is 3. The lowest BCUT2D eigenvalue weighted by Gasteiger charge is -2.05. The highest BCUT2D eigenvalue weighted by atomic mass is 32.2. The van der Waals surface area contributed by atoms with Crippen molar-refractivity contribution in [2.45, 2.75) is 18.4 Å². The molecule has 2 aromatic rings. The molecule has 0 spiro atoms. The molecule has 0 radical (unpaired) electrons. The number of anilines is 1. The van der Waals surface area contributed by atoms with E-state index in [1.165, 1.54) is 5.56 Å². The lowest BCUT2D eigenvalue weighted by atomic mass is 10.1. The van der Waals surface area contributed by atoms with Crippen molar-refractivity contribution < 1.29 is 4.79 Å². The average Bonchev–Trinajstić information content (AvgIpc) is 2.47. The first-order chi connectivity index (χ1) is 10.1. The van der Waals surface area contributed by atoms with Crippen LogP contribution in [-0.4, -0.2) is 26.8 Å². The number of rotatable bonds is 5. The largest absolute Gasteiger partial charge is 0.342 e. The third-order valence-corrected chi connectivity index (χ3v) is 3.62. The molecule has 110 valence electrons. The van der Waals surface area contributed by atoms with Gasteiger partial charge in [-0.25, -0.2) is 9.89 Å². The normalized spacial score (nSPS) is 10.3. The molecule has 0 bridgehead atoms. The lowest BCUT2D eigenvalue weighted by Crippen LogP contribution is -2.25. The topological polar surface area (TPSA) is 108 Å². The maximum atomic E-state index is 11.8. The molecule has 8 heteroatoms. The Balaban J connectivity index is 1.92. The molecule has 0 saturated heterocycles. The van der Waals surface area contributed by atoms with Gasteiger partial charge in [0.05, 0.1) is 5.75 Å². The fourth-order valence-electron chi connectivity index (χ4n) is 1.59. The van der Waals surface area contributed by atoms with Crippen molar-refractivity contribution in [3.8, 4) is 0 Å². The number of carbonyl (C=O) groups excluding carboxylic acids is 1. The van der Waals surface area contributed by atoms with E-state index in [2.05, 4.69) is 22.4 Å². The Bertz CT molecular complexity index is 736. The standard InChI is InChI=1S/C13H14N4O3S/c1-2-8-3-5-9(6-4-8)14-10(18)7-21-12-11(19)15-13(20)17-16-12/h3-6H,2,7H2,1H3,(H,14,18)(H2,15,17,19,20). The summed E-state index contributed by atoms with van der Waals surface area (Å²) >= 11 is 0.954. The van der Waals surface area contributed by atoms with Crippen molar-refractivity contribution >= 4 is 23.4 Å². The second kappa shape index (κ2) is 6.89. The molecule has 0 aliphatic carbocycles. The van der Waals surface area contributed by atoms with E-state index in [0.29, 0.717) is 5.69 Å². The van der Waals surface area contributed by atoms with Gasteiger partial charge in [0.1, 0.15) is 0 Å². The van der Waals surface area contributed by atoms with Crippen LogP contribution in [0.25, 0.3) is 0 Å². The number of carbonyl (C=O) groups is 1. The van der Waals surface area contributed by atoms with Gasteiger partial charge in [-0.3, -0.25) is 14.6 Å². The van der Waals surface area contributed by atoms with Gasteiger partial charge >= 0.3 is 5.69 Å². The molecule has 3 N–H and O–H groups in total. The van der Waals surface area contributed by atoms with Crippen LogP contribution in [0.15, 0.2) is 38.9 Å². The summed E-state index contributed by atoms with van der Waals surface area (Å²) in [5, 5.41) is 8.46. The number of H-pyrrole nitrogens is 2. The van der Waals surface area contributed by atoms with Crippen LogP contribution >= 0.6 is 11.8 Å². The predicted molar refractivity (Wildman–Crippen MR) is 80.7 cm³/mol. The van der Waals surface area contributed by atoms with Gasteiger partial charge in [0, 0.05) is 5.69 Å². The van der Waals surface area contributed by atoms with Gasteiger partial charge in [-0.1, -0.05) is 30.8 Å². The van der Waals surface area contributed by atoms with Gasteiger partial charge in [0.2, 0.25) is 5.91 Å². The molecular weight excluding hydrogens is 292 g/mol. The lowest BCUT2D eigenvalue weighted by molar-refractivity contribution is -0.113. The van der Waals surface area contributed by atoms with Gasteiger partial charge in [-0.2, -0.15) is 5.10 Å². The van der Waals surface area contributed by atoms with Crippen LogP contribution in [0.3, 0.4) is 0 Å². The van der Waals surface area contributed by atoms with E-state index in [1.54, 1.807) is 0 Å². The SMILES string of the molecule is CCc1ccc(NC(=O)CSc2n[nH]c(=O)[nH]c2=O)cc1. The monoisotopic (exact) mass is 306 g/mol. The van der Waals surface area contributed by atoms with Gasteiger partial charge in [0.25, 0.3) is 5.56 Å². The molecule has 0 fully saturated rings. The second-order valence-corrected chi connectivity index (χ2v) is 5.16. The zero-order valence-electron chi connectivity index (χ0n) is 11.3. The molecule has 2 rings (SSSR count). The van der Waals surface area contributed by atoms with Crippen LogP contribution in [0.5, 0.6) is 0 Å². The van der Waals surface area contributed by atoms with Crippen LogP contribution in [0.4, 0.5) is 5.69 Å². The third-order valence-electron chi connectivity index (χ3n) is 2.67. The number of aryl methyl sites for hydroxylation is 1. The second-order valence-electron chi connectivity index (χ2n) is 4.20. The minimum Gasteiger partial charge on any atom is -0.325 e. The molecule has 21 heavy (non-hydrogen) atoms. The Labute approximate surface area is 124 Å². The Morgan fingerprint density at radius 3 is 2.62 bits per heavy atom. The molecule has 1 aromatic carbocycles. The highest BCUT2D eigenvalue weighted by Crippen LogP contribution is 2.12. The predicted octanol–water partition coefficient (Wildman–Crippen LogP) is 0.751. The molecule has 1 heterocycles. The first-order valence-corrected chi connectivity index (χ1v) is 7.27. The average molecular weight is 306 g/mol. The Morgan fingerprint density at radius 2 is 2.00 bits per heavy atom. The third kappa shape index (κ3) is 4.32. The van der Waals surface area contributed by atoms with E-state index in [4.69, 9.17) is 0 Å². The number of amides is 1. The zero-order valence-corrected chi connectivity index (χ0v) is 12.1. The fraction of sp³-hybridized carbons (Fsp3) is 0.231. The molecule has 0 aliphatic rings. The number of hydrogen-bond acceptors (Lipinski definition) is 5. The highest BCUT2D eigenvalue weighted by molar-refractivity contribution is 7.99. The summed E-state index contributed by atoms with van der Waals surface area (Å²) in [4.78, 5) is 36.0. The molecule has 0 unspecified atom stereocenters. The molecule has 0 aliphatic heterocycles. The van der Waals surface area contributed by atoms with Crippen LogP contribution in [0.1, 0.15) is 12.5 Å². The van der Waals surface area contributed by atoms with E-state index in [1.807, 2.05) is 29.2 Å². The van der Waals surface area contributed by atoms with Crippen molar-refractivity contribution in [2.75, 3.05) is 11.1 Å². The van der Waals surface area contributed by atoms with E-state index >= 15 is 0 Å². The van der Waals surface area contributed by atoms with Crippen LogP contribution in [0, 0.1) is 0 Å². The van der Waals surface area contributed by atoms with Crippen molar-refractivity contribution in [2.24, 2.45) is 0 Å². The minimum absolute atomic E-state index is 0.0254. The van der Waals surface area contributed by atoms with E-state index in [9.17, 15) is 14.4 Å². The van der Waals surface area contributed by atoms with Gasteiger partial charge < -0.3 is 5.32 Å². The first kappa shape index (κ1) is 15.0. The van der Waals surface area contributed by atoms with Crippen LogP contribution in [0.2, 0.25) is 0 Å². The van der Waals surface area contributed by atoms with Crippen LogP contribution < -0.4 is 16.6 Å². The van der Waals surface area contributed by atoms with Crippen LogP contribution in [-0.2, 0) is 11.2 Å². The first-order valence-electron chi connectivity index (χ1n) is 6.29. The summed E-state index contributed by atoms with van der Waals surface area (Å²) in [6.45, 7) is 2.05. The van der Waals surface area contributed by atoms with Gasteiger partial charge in [-0.15, -0.1) is 0 Å². The van der Waals surface area contributed by atoms with Crippen molar-refractivity contribution in [3.63, 3.8) is 0 Å².